The van der Waals surface area contributed by atoms with Gasteiger partial charge in [-0.3, -0.25) is 9.59 Å². The summed E-state index contributed by atoms with van der Waals surface area (Å²) in [7, 11) is 1.73. The van der Waals surface area contributed by atoms with Gasteiger partial charge in [0.2, 0.25) is 5.91 Å². The third-order valence-electron chi connectivity index (χ3n) is 5.25. The Kier molecular flexibility index (Phi) is 5.20. The smallest absolute Gasteiger partial charge is 0.254 e. The Morgan fingerprint density at radius 2 is 1.92 bits per heavy atom. The van der Waals surface area contributed by atoms with E-state index in [1.54, 1.807) is 24.2 Å². The van der Waals surface area contributed by atoms with Gasteiger partial charge in [-0.25, -0.2) is 9.67 Å². The monoisotopic (exact) mass is 358 g/mol. The van der Waals surface area contributed by atoms with Crippen LogP contribution in [-0.4, -0.2) is 55.3 Å². The Morgan fingerprint density at radius 1 is 1.23 bits per heavy atom. The zero-order valence-electron chi connectivity index (χ0n) is 15.7. The van der Waals surface area contributed by atoms with Gasteiger partial charge in [-0.1, -0.05) is 24.5 Å². The molecule has 2 amide bonds. The molecule has 0 atom stereocenters. The fourth-order valence-electron chi connectivity index (χ4n) is 3.76. The first-order valence-corrected chi connectivity index (χ1v) is 9.28. The van der Waals surface area contributed by atoms with Crippen molar-refractivity contribution >= 4 is 23.0 Å². The third-order valence-corrected chi connectivity index (χ3v) is 5.25. The number of likely N-dealkylation sites (N-methyl/N-ethyl adjacent to an activating group) is 1. The van der Waals surface area contributed by atoms with Crippen LogP contribution in [-0.2, 0) is 11.8 Å². The van der Waals surface area contributed by atoms with E-state index in [4.69, 9.17) is 0 Å². The van der Waals surface area contributed by atoms with Crippen molar-refractivity contribution in [1.29, 1.82) is 0 Å². The van der Waals surface area contributed by atoms with Gasteiger partial charge in [-0.2, -0.15) is 0 Å². The molecule has 0 aromatic carbocycles. The van der Waals surface area contributed by atoms with Gasteiger partial charge in [0, 0.05) is 26.3 Å². The maximum absolute atomic E-state index is 13.2. The summed E-state index contributed by atoms with van der Waals surface area (Å²) in [4.78, 5) is 32.3. The number of aromatic nitrogens is 4. The molecular weight excluding hydrogens is 332 g/mol. The van der Waals surface area contributed by atoms with Crippen LogP contribution in [0.1, 0.15) is 56.3 Å². The fourth-order valence-corrected chi connectivity index (χ4v) is 3.76. The molecule has 2 aromatic heterocycles. The summed E-state index contributed by atoms with van der Waals surface area (Å²) in [5, 5.41) is 11.1. The average Bonchev–Trinajstić information content (AvgIpc) is 3.04. The fraction of sp³-hybridized carbons (Fsp3) is 0.611. The van der Waals surface area contributed by atoms with Crippen molar-refractivity contribution in [2.45, 2.75) is 51.5 Å². The quantitative estimate of drug-likeness (QED) is 0.877. The highest BCUT2D eigenvalue weighted by atomic mass is 16.2. The number of hydrogen-bond acceptors (Lipinski definition) is 5. The molecule has 0 bridgehead atoms. The minimum Gasteiger partial charge on any atom is -0.341 e. The lowest BCUT2D eigenvalue weighted by atomic mass is 9.80. The highest BCUT2D eigenvalue weighted by molar-refractivity contribution is 6.06. The van der Waals surface area contributed by atoms with E-state index in [1.807, 2.05) is 13.8 Å². The van der Waals surface area contributed by atoms with Crippen LogP contribution in [0.2, 0.25) is 0 Å². The Morgan fingerprint density at radius 3 is 2.58 bits per heavy atom. The normalized spacial score (nSPS) is 16.4. The summed E-state index contributed by atoms with van der Waals surface area (Å²) in [6, 6.07) is 1.63. The van der Waals surface area contributed by atoms with E-state index in [1.165, 1.54) is 4.68 Å². The summed E-state index contributed by atoms with van der Waals surface area (Å²) in [6.45, 7) is 5.20. The van der Waals surface area contributed by atoms with Crippen LogP contribution in [0.25, 0.3) is 11.2 Å². The molecule has 2 heterocycles. The summed E-state index contributed by atoms with van der Waals surface area (Å²) >= 11 is 0. The van der Waals surface area contributed by atoms with E-state index >= 15 is 0 Å². The maximum Gasteiger partial charge on any atom is 0.254 e. The van der Waals surface area contributed by atoms with E-state index in [0.29, 0.717) is 42.7 Å². The number of nitrogens with one attached hydrogen (secondary N) is 1. The Labute approximate surface area is 152 Å². The standard InChI is InChI=1S/C18H26N6O2/c1-4-24(5-2)17(26)18(10-7-6-8-11-18)20-16(25)13-9-12-19-15-14(13)21-22-23(15)3/h9,12H,4-8,10-11H2,1-3H3,(H,20,25). The SMILES string of the molecule is CCN(CC)C(=O)C1(NC(=O)c2ccnc3c2nnn3C)CCCCC1. The summed E-state index contributed by atoms with van der Waals surface area (Å²) in [6.07, 6.45) is 5.87. The molecule has 2 aromatic rings. The average molecular weight is 358 g/mol. The topological polar surface area (TPSA) is 93.0 Å². The predicted octanol–water partition coefficient (Wildman–Crippen LogP) is 1.66. The molecule has 1 fully saturated rings. The van der Waals surface area contributed by atoms with Crippen LogP contribution in [0.5, 0.6) is 0 Å². The van der Waals surface area contributed by atoms with E-state index in [9.17, 15) is 9.59 Å². The van der Waals surface area contributed by atoms with E-state index in [-0.39, 0.29) is 11.8 Å². The number of hydrogen-bond donors (Lipinski definition) is 1. The summed E-state index contributed by atoms with van der Waals surface area (Å²) < 4.78 is 1.53. The molecule has 0 spiro atoms. The number of amides is 2. The number of nitrogens with zero attached hydrogens (tertiary/aromatic N) is 5. The number of pyridine rings is 1. The van der Waals surface area contributed by atoms with Crippen molar-refractivity contribution in [3.05, 3.63) is 17.8 Å². The van der Waals surface area contributed by atoms with Crippen LogP contribution in [0, 0.1) is 0 Å². The van der Waals surface area contributed by atoms with Crippen LogP contribution in [0.15, 0.2) is 12.3 Å². The van der Waals surface area contributed by atoms with Gasteiger partial charge in [0.1, 0.15) is 11.1 Å². The van der Waals surface area contributed by atoms with Gasteiger partial charge in [0.05, 0.1) is 5.56 Å². The van der Waals surface area contributed by atoms with Gasteiger partial charge >= 0.3 is 0 Å². The van der Waals surface area contributed by atoms with Crippen LogP contribution in [0.4, 0.5) is 0 Å². The highest BCUT2D eigenvalue weighted by Gasteiger charge is 2.43. The van der Waals surface area contributed by atoms with E-state index < -0.39 is 5.54 Å². The lowest BCUT2D eigenvalue weighted by Gasteiger charge is -2.40. The van der Waals surface area contributed by atoms with Crippen molar-refractivity contribution < 1.29 is 9.59 Å². The second kappa shape index (κ2) is 7.39. The molecule has 0 aliphatic heterocycles. The zero-order chi connectivity index (χ0) is 18.7. The molecule has 0 radical (unpaired) electrons. The third kappa shape index (κ3) is 3.15. The zero-order valence-corrected chi connectivity index (χ0v) is 15.7. The van der Waals surface area contributed by atoms with E-state index in [0.717, 1.165) is 19.3 Å². The van der Waals surface area contributed by atoms with Crippen molar-refractivity contribution in [1.82, 2.24) is 30.2 Å². The molecule has 0 saturated heterocycles. The molecule has 8 heteroatoms. The minimum atomic E-state index is -0.834. The molecule has 26 heavy (non-hydrogen) atoms. The minimum absolute atomic E-state index is 0.0139. The first-order chi connectivity index (χ1) is 12.5. The van der Waals surface area contributed by atoms with Crippen molar-refractivity contribution in [2.24, 2.45) is 7.05 Å². The number of aryl methyl sites for hydroxylation is 1. The predicted molar refractivity (Wildman–Crippen MR) is 97.5 cm³/mol. The van der Waals surface area contributed by atoms with Gasteiger partial charge in [0.25, 0.3) is 5.91 Å². The van der Waals surface area contributed by atoms with Crippen molar-refractivity contribution in [3.63, 3.8) is 0 Å². The maximum atomic E-state index is 13.2. The molecule has 140 valence electrons. The van der Waals surface area contributed by atoms with Crippen molar-refractivity contribution in [3.8, 4) is 0 Å². The molecule has 1 aliphatic rings. The Balaban J connectivity index is 1.93. The Bertz CT molecular complexity index is 805. The second-order valence-electron chi connectivity index (χ2n) is 6.82. The Hall–Kier alpha value is -2.51. The van der Waals surface area contributed by atoms with Gasteiger partial charge in [-0.05, 0) is 32.8 Å². The number of rotatable bonds is 5. The number of carbonyl (C=O) groups excluding carboxylic acids is 2. The largest absolute Gasteiger partial charge is 0.341 e. The van der Waals surface area contributed by atoms with Crippen LogP contribution >= 0.6 is 0 Å². The molecule has 8 nitrogen and oxygen atoms in total. The summed E-state index contributed by atoms with van der Waals surface area (Å²) in [5.41, 5.74) is 0.568. The van der Waals surface area contributed by atoms with Gasteiger partial charge in [0.15, 0.2) is 5.65 Å². The number of fused-ring (bicyclic) bond motifs is 1. The molecule has 1 saturated carbocycles. The molecule has 0 unspecified atom stereocenters. The molecule has 1 aliphatic carbocycles. The molecule has 3 rings (SSSR count). The van der Waals surface area contributed by atoms with Gasteiger partial charge < -0.3 is 10.2 Å². The second-order valence-corrected chi connectivity index (χ2v) is 6.82. The van der Waals surface area contributed by atoms with E-state index in [2.05, 4.69) is 20.6 Å². The first kappa shape index (κ1) is 18.3. The first-order valence-electron chi connectivity index (χ1n) is 9.28. The molecular formula is C18H26N6O2. The lowest BCUT2D eigenvalue weighted by molar-refractivity contribution is -0.139. The van der Waals surface area contributed by atoms with Gasteiger partial charge in [-0.15, -0.1) is 5.10 Å². The van der Waals surface area contributed by atoms with Crippen LogP contribution < -0.4 is 5.32 Å². The highest BCUT2D eigenvalue weighted by Crippen LogP contribution is 2.31. The van der Waals surface area contributed by atoms with Crippen molar-refractivity contribution in [2.75, 3.05) is 13.1 Å². The van der Waals surface area contributed by atoms with Crippen LogP contribution in [0.3, 0.4) is 0 Å². The number of carbonyl (C=O) groups is 2. The molecule has 1 N–H and O–H groups in total. The lowest BCUT2D eigenvalue weighted by Crippen LogP contribution is -2.60. The summed E-state index contributed by atoms with van der Waals surface area (Å²) in [5.74, 6) is -0.277.